The van der Waals surface area contributed by atoms with Crippen molar-refractivity contribution in [1.82, 2.24) is 14.8 Å². The molecule has 0 bridgehead atoms. The minimum absolute atomic E-state index is 0.820. The first-order valence-electron chi connectivity index (χ1n) is 8.29. The van der Waals surface area contributed by atoms with Gasteiger partial charge in [-0.15, -0.1) is 11.3 Å². The van der Waals surface area contributed by atoms with Crippen LogP contribution in [0.5, 0.6) is 0 Å². The summed E-state index contributed by atoms with van der Waals surface area (Å²) in [5, 5.41) is 3.51. The third-order valence-electron chi connectivity index (χ3n) is 4.51. The highest BCUT2D eigenvalue weighted by Gasteiger charge is 2.23. The lowest BCUT2D eigenvalue weighted by molar-refractivity contribution is 0.0223. The van der Waals surface area contributed by atoms with Crippen LogP contribution in [0.2, 0.25) is 0 Å². The zero-order chi connectivity index (χ0) is 14.5. The van der Waals surface area contributed by atoms with Gasteiger partial charge in [-0.1, -0.05) is 6.92 Å². The number of piperidine rings is 1. The van der Waals surface area contributed by atoms with E-state index < -0.39 is 0 Å². The van der Waals surface area contributed by atoms with E-state index in [1.807, 2.05) is 11.3 Å². The van der Waals surface area contributed by atoms with E-state index in [1.165, 1.54) is 43.2 Å². The second-order valence-corrected chi connectivity index (χ2v) is 7.19. The third-order valence-corrected chi connectivity index (χ3v) is 5.55. The molecule has 0 amide bonds. The van der Waals surface area contributed by atoms with Crippen molar-refractivity contribution in [2.45, 2.75) is 32.7 Å². The largest absolute Gasteiger partial charge is 0.379 e. The molecule has 5 heteroatoms. The molecule has 1 unspecified atom stereocenters. The number of aromatic nitrogens is 1. The zero-order valence-electron chi connectivity index (χ0n) is 13.1. The molecule has 2 saturated heterocycles. The minimum Gasteiger partial charge on any atom is -0.379 e. The van der Waals surface area contributed by atoms with Gasteiger partial charge in [0.2, 0.25) is 0 Å². The maximum Gasteiger partial charge on any atom is 0.0926 e. The van der Waals surface area contributed by atoms with E-state index in [2.05, 4.69) is 22.1 Å². The number of nitrogens with zero attached hydrogens (tertiary/aromatic N) is 3. The summed E-state index contributed by atoms with van der Waals surface area (Å²) in [6.07, 6.45) is 3.77. The van der Waals surface area contributed by atoms with Crippen LogP contribution in [0.25, 0.3) is 0 Å². The van der Waals surface area contributed by atoms with E-state index in [-0.39, 0.29) is 0 Å². The van der Waals surface area contributed by atoms with Crippen molar-refractivity contribution in [3.05, 3.63) is 16.1 Å². The van der Waals surface area contributed by atoms with E-state index in [0.29, 0.717) is 0 Å². The summed E-state index contributed by atoms with van der Waals surface area (Å²) in [7, 11) is 0. The fourth-order valence-corrected chi connectivity index (χ4v) is 4.14. The van der Waals surface area contributed by atoms with Crippen LogP contribution in [0, 0.1) is 5.92 Å². The summed E-state index contributed by atoms with van der Waals surface area (Å²) in [5.74, 6) is 0.820. The zero-order valence-corrected chi connectivity index (χ0v) is 13.9. The molecule has 0 spiro atoms. The Balaban J connectivity index is 1.48. The van der Waals surface area contributed by atoms with E-state index in [0.717, 1.165) is 45.2 Å². The van der Waals surface area contributed by atoms with Crippen molar-refractivity contribution < 1.29 is 4.74 Å². The molecule has 118 valence electrons. The molecule has 2 aliphatic rings. The van der Waals surface area contributed by atoms with Crippen molar-refractivity contribution in [3.63, 3.8) is 0 Å². The lowest BCUT2D eigenvalue weighted by Crippen LogP contribution is -2.44. The van der Waals surface area contributed by atoms with Crippen LogP contribution in [0.3, 0.4) is 0 Å². The molecule has 0 aliphatic carbocycles. The Kier molecular flexibility index (Phi) is 5.63. The second kappa shape index (κ2) is 7.68. The van der Waals surface area contributed by atoms with Gasteiger partial charge >= 0.3 is 0 Å². The number of rotatable bonds is 5. The molecule has 3 heterocycles. The molecule has 1 atom stereocenters. The highest BCUT2D eigenvalue weighted by Crippen LogP contribution is 2.21. The fraction of sp³-hybridized carbons (Fsp3) is 0.812. The molecule has 4 nitrogen and oxygen atoms in total. The van der Waals surface area contributed by atoms with Crippen LogP contribution >= 0.6 is 11.3 Å². The number of likely N-dealkylation sites (tertiary alicyclic amines) is 1. The van der Waals surface area contributed by atoms with E-state index in [9.17, 15) is 0 Å². The maximum absolute atomic E-state index is 5.44. The molecular formula is C16H27N3OS. The molecule has 21 heavy (non-hydrogen) atoms. The lowest BCUT2D eigenvalue weighted by Gasteiger charge is -2.36. The molecule has 2 fully saturated rings. The Hall–Kier alpha value is -0.490. The van der Waals surface area contributed by atoms with Crippen molar-refractivity contribution in [2.75, 3.05) is 45.9 Å². The number of thiazole rings is 1. The molecule has 0 N–H and O–H groups in total. The lowest BCUT2D eigenvalue weighted by atomic mass is 9.97. The summed E-state index contributed by atoms with van der Waals surface area (Å²) in [6, 6.07) is 0. The Morgan fingerprint density at radius 3 is 2.90 bits per heavy atom. The van der Waals surface area contributed by atoms with Gasteiger partial charge in [0, 0.05) is 38.1 Å². The predicted molar refractivity (Wildman–Crippen MR) is 86.8 cm³/mol. The highest BCUT2D eigenvalue weighted by atomic mass is 32.1. The monoisotopic (exact) mass is 309 g/mol. The Bertz CT molecular complexity index is 431. The maximum atomic E-state index is 5.44. The van der Waals surface area contributed by atoms with Crippen LogP contribution in [0.1, 0.15) is 30.5 Å². The summed E-state index contributed by atoms with van der Waals surface area (Å²) in [4.78, 5) is 9.89. The fourth-order valence-electron chi connectivity index (χ4n) is 3.41. The van der Waals surface area contributed by atoms with Gasteiger partial charge in [0.15, 0.2) is 0 Å². The van der Waals surface area contributed by atoms with Crippen molar-refractivity contribution in [1.29, 1.82) is 0 Å². The van der Waals surface area contributed by atoms with Crippen LogP contribution in [0.15, 0.2) is 5.38 Å². The van der Waals surface area contributed by atoms with Crippen LogP contribution in [0.4, 0.5) is 0 Å². The summed E-state index contributed by atoms with van der Waals surface area (Å²) >= 11 is 1.81. The SMILES string of the molecule is CCc1nc(CN2CCCC(CN3CCOCC3)C2)cs1. The smallest absolute Gasteiger partial charge is 0.0926 e. The predicted octanol–water partition coefficient (Wildman–Crippen LogP) is 2.25. The van der Waals surface area contributed by atoms with Gasteiger partial charge in [0.1, 0.15) is 0 Å². The average molecular weight is 309 g/mol. The number of morpholine rings is 1. The van der Waals surface area contributed by atoms with Crippen molar-refractivity contribution >= 4 is 11.3 Å². The first kappa shape index (κ1) is 15.4. The molecule has 1 aromatic heterocycles. The molecule has 0 saturated carbocycles. The first-order valence-corrected chi connectivity index (χ1v) is 9.17. The van der Waals surface area contributed by atoms with Crippen LogP contribution in [-0.4, -0.2) is 60.7 Å². The molecule has 1 aromatic rings. The van der Waals surface area contributed by atoms with E-state index in [1.54, 1.807) is 0 Å². The van der Waals surface area contributed by atoms with Gasteiger partial charge in [-0.25, -0.2) is 4.98 Å². The summed E-state index contributed by atoms with van der Waals surface area (Å²) < 4.78 is 5.44. The second-order valence-electron chi connectivity index (χ2n) is 6.24. The Morgan fingerprint density at radius 1 is 1.29 bits per heavy atom. The van der Waals surface area contributed by atoms with Crippen molar-refractivity contribution in [3.8, 4) is 0 Å². The quantitative estimate of drug-likeness (QED) is 0.834. The number of hydrogen-bond donors (Lipinski definition) is 0. The Morgan fingerprint density at radius 2 is 2.14 bits per heavy atom. The van der Waals surface area contributed by atoms with Crippen LogP contribution in [-0.2, 0) is 17.7 Å². The van der Waals surface area contributed by atoms with Crippen molar-refractivity contribution in [2.24, 2.45) is 5.92 Å². The molecule has 0 radical (unpaired) electrons. The minimum atomic E-state index is 0.820. The highest BCUT2D eigenvalue weighted by molar-refractivity contribution is 7.09. The van der Waals surface area contributed by atoms with Gasteiger partial charge in [-0.2, -0.15) is 0 Å². The summed E-state index contributed by atoms with van der Waals surface area (Å²) in [6.45, 7) is 11.0. The van der Waals surface area contributed by atoms with Crippen LogP contribution < -0.4 is 0 Å². The Labute approximate surface area is 132 Å². The molecule has 0 aromatic carbocycles. The first-order chi connectivity index (χ1) is 10.3. The molecule has 3 rings (SSSR count). The number of hydrogen-bond acceptors (Lipinski definition) is 5. The summed E-state index contributed by atoms with van der Waals surface area (Å²) in [5.41, 5.74) is 1.27. The third kappa shape index (κ3) is 4.49. The number of aryl methyl sites for hydroxylation is 1. The van der Waals surface area contributed by atoms with Gasteiger partial charge in [0.05, 0.1) is 23.9 Å². The van der Waals surface area contributed by atoms with Gasteiger partial charge in [-0.3, -0.25) is 9.80 Å². The van der Waals surface area contributed by atoms with E-state index in [4.69, 9.17) is 9.72 Å². The topological polar surface area (TPSA) is 28.6 Å². The molecule has 2 aliphatic heterocycles. The van der Waals surface area contributed by atoms with Gasteiger partial charge < -0.3 is 4.74 Å². The average Bonchev–Trinajstić information content (AvgIpc) is 2.96. The van der Waals surface area contributed by atoms with Gasteiger partial charge in [0.25, 0.3) is 0 Å². The van der Waals surface area contributed by atoms with Gasteiger partial charge in [-0.05, 0) is 31.7 Å². The standard InChI is InChI=1S/C16H27N3OS/c1-2-16-17-15(13-21-16)12-19-5-3-4-14(11-19)10-18-6-8-20-9-7-18/h13-14H,2-12H2,1H3. The van der Waals surface area contributed by atoms with E-state index >= 15 is 0 Å². The molecular weight excluding hydrogens is 282 g/mol. The normalized spacial score (nSPS) is 25.3. The number of ether oxygens (including phenoxy) is 1.